The number of nitrogens with one attached hydrogen (secondary N) is 2. The van der Waals surface area contributed by atoms with Crippen LogP contribution in [0.5, 0.6) is 0 Å². The van der Waals surface area contributed by atoms with E-state index in [9.17, 15) is 14.9 Å². The maximum atomic E-state index is 12.1. The fourth-order valence-electron chi connectivity index (χ4n) is 2.30. The van der Waals surface area contributed by atoms with Gasteiger partial charge in [-0.05, 0) is 25.1 Å². The van der Waals surface area contributed by atoms with Gasteiger partial charge in [-0.25, -0.2) is 4.98 Å². The summed E-state index contributed by atoms with van der Waals surface area (Å²) in [6.07, 6.45) is 0. The van der Waals surface area contributed by atoms with E-state index < -0.39 is 4.92 Å². The molecule has 0 fully saturated rings. The van der Waals surface area contributed by atoms with Gasteiger partial charge in [-0.2, -0.15) is 0 Å². The Bertz CT molecular complexity index is 901. The van der Waals surface area contributed by atoms with Crippen molar-refractivity contribution in [3.63, 3.8) is 0 Å². The van der Waals surface area contributed by atoms with Crippen molar-refractivity contribution < 1.29 is 9.72 Å². The Kier molecular flexibility index (Phi) is 3.76. The van der Waals surface area contributed by atoms with Crippen molar-refractivity contribution in [3.8, 4) is 0 Å². The maximum Gasteiger partial charge on any atom is 0.271 e. The Hall–Kier alpha value is -3.22. The molecule has 2 N–H and O–H groups in total. The minimum atomic E-state index is -0.459. The molecule has 0 aliphatic heterocycles. The van der Waals surface area contributed by atoms with Crippen LogP contribution in [0.3, 0.4) is 0 Å². The number of rotatable bonds is 4. The fourth-order valence-corrected chi connectivity index (χ4v) is 2.30. The first-order valence-corrected chi connectivity index (χ1v) is 7.01. The van der Waals surface area contributed by atoms with E-state index in [1.165, 1.54) is 12.1 Å². The molecule has 0 aliphatic rings. The summed E-state index contributed by atoms with van der Waals surface area (Å²) in [4.78, 5) is 29.7. The number of aromatic amines is 1. The second-order valence-corrected chi connectivity index (χ2v) is 5.19. The highest BCUT2D eigenvalue weighted by Gasteiger charge is 2.11. The van der Waals surface area contributed by atoms with Crippen LogP contribution in [0.4, 0.5) is 5.69 Å². The van der Waals surface area contributed by atoms with Crippen LogP contribution in [0.15, 0.2) is 42.5 Å². The summed E-state index contributed by atoms with van der Waals surface area (Å²) in [6, 6.07) is 11.7. The van der Waals surface area contributed by atoms with Gasteiger partial charge in [0.05, 0.1) is 22.5 Å². The van der Waals surface area contributed by atoms with Gasteiger partial charge in [0, 0.05) is 17.7 Å². The van der Waals surface area contributed by atoms with Crippen molar-refractivity contribution in [2.75, 3.05) is 0 Å². The molecular weight excluding hydrogens is 296 g/mol. The van der Waals surface area contributed by atoms with Crippen LogP contribution < -0.4 is 5.32 Å². The lowest BCUT2D eigenvalue weighted by atomic mass is 10.1. The quantitative estimate of drug-likeness (QED) is 0.571. The number of nitro groups is 1. The highest BCUT2D eigenvalue weighted by Crippen LogP contribution is 2.18. The second kappa shape index (κ2) is 5.88. The summed E-state index contributed by atoms with van der Waals surface area (Å²) in [5, 5.41) is 13.5. The van der Waals surface area contributed by atoms with Crippen LogP contribution in [0.2, 0.25) is 0 Å². The molecule has 1 aromatic heterocycles. The van der Waals surface area contributed by atoms with E-state index >= 15 is 0 Å². The largest absolute Gasteiger partial charge is 0.345 e. The van der Waals surface area contributed by atoms with Gasteiger partial charge >= 0.3 is 0 Å². The number of carbonyl (C=O) groups excluding carboxylic acids is 1. The van der Waals surface area contributed by atoms with Gasteiger partial charge in [-0.15, -0.1) is 0 Å². The van der Waals surface area contributed by atoms with E-state index in [1.54, 1.807) is 18.2 Å². The Balaban J connectivity index is 1.74. The summed E-state index contributed by atoms with van der Waals surface area (Å²) in [7, 11) is 0. The third-order valence-electron chi connectivity index (χ3n) is 3.42. The summed E-state index contributed by atoms with van der Waals surface area (Å²) in [5.41, 5.74) is 2.77. The number of aromatic nitrogens is 2. The number of amides is 1. The summed E-state index contributed by atoms with van der Waals surface area (Å²) in [5.74, 6) is 0.349. The van der Waals surface area contributed by atoms with E-state index in [-0.39, 0.29) is 18.1 Å². The molecule has 1 heterocycles. The molecule has 116 valence electrons. The molecule has 7 nitrogen and oxygen atoms in total. The van der Waals surface area contributed by atoms with Crippen molar-refractivity contribution in [1.82, 2.24) is 15.3 Å². The van der Waals surface area contributed by atoms with E-state index in [0.717, 1.165) is 5.56 Å². The Morgan fingerprint density at radius 3 is 2.87 bits per heavy atom. The van der Waals surface area contributed by atoms with Crippen molar-refractivity contribution in [1.29, 1.82) is 0 Å². The lowest BCUT2D eigenvalue weighted by Gasteiger charge is -2.03. The Morgan fingerprint density at radius 1 is 1.30 bits per heavy atom. The topological polar surface area (TPSA) is 101 Å². The molecule has 0 unspecified atom stereocenters. The highest BCUT2D eigenvalue weighted by atomic mass is 16.6. The molecule has 3 aromatic rings. The third-order valence-corrected chi connectivity index (χ3v) is 3.42. The number of hydrogen-bond acceptors (Lipinski definition) is 4. The van der Waals surface area contributed by atoms with E-state index in [0.29, 0.717) is 22.4 Å². The number of aryl methyl sites for hydroxylation is 1. The van der Waals surface area contributed by atoms with Gasteiger partial charge in [0.15, 0.2) is 0 Å². The van der Waals surface area contributed by atoms with Crippen LogP contribution in [-0.4, -0.2) is 20.8 Å². The number of nitrogens with zero attached hydrogens (tertiary/aromatic N) is 2. The average Bonchev–Trinajstić information content (AvgIpc) is 2.94. The molecule has 23 heavy (non-hydrogen) atoms. The fraction of sp³-hybridized carbons (Fsp3) is 0.125. The first kappa shape index (κ1) is 14.7. The molecule has 0 saturated carbocycles. The number of H-pyrrole nitrogens is 1. The number of nitro benzene ring substituents is 1. The van der Waals surface area contributed by atoms with E-state index in [1.807, 2.05) is 19.1 Å². The monoisotopic (exact) mass is 310 g/mol. The predicted octanol–water partition coefficient (Wildman–Crippen LogP) is 2.71. The lowest BCUT2D eigenvalue weighted by molar-refractivity contribution is -0.384. The van der Waals surface area contributed by atoms with E-state index in [2.05, 4.69) is 15.3 Å². The Morgan fingerprint density at radius 2 is 2.13 bits per heavy atom. The average molecular weight is 310 g/mol. The van der Waals surface area contributed by atoms with Gasteiger partial charge in [-0.3, -0.25) is 14.9 Å². The SMILES string of the molecule is Cc1cccc(C(=O)NCc2nc3ccc([N+](=O)[O-])cc3[nH]2)c1. The van der Waals surface area contributed by atoms with Crippen LogP contribution in [0, 0.1) is 17.0 Å². The van der Waals surface area contributed by atoms with Crippen LogP contribution in [0.25, 0.3) is 11.0 Å². The van der Waals surface area contributed by atoms with Crippen molar-refractivity contribution in [2.24, 2.45) is 0 Å². The molecule has 0 aliphatic carbocycles. The van der Waals surface area contributed by atoms with Gasteiger partial charge in [-0.1, -0.05) is 17.7 Å². The van der Waals surface area contributed by atoms with E-state index in [4.69, 9.17) is 0 Å². The van der Waals surface area contributed by atoms with Gasteiger partial charge < -0.3 is 10.3 Å². The highest BCUT2D eigenvalue weighted by molar-refractivity contribution is 5.94. The van der Waals surface area contributed by atoms with Crippen molar-refractivity contribution in [2.45, 2.75) is 13.5 Å². The minimum Gasteiger partial charge on any atom is -0.345 e. The summed E-state index contributed by atoms with van der Waals surface area (Å²) in [6.45, 7) is 2.14. The lowest BCUT2D eigenvalue weighted by Crippen LogP contribution is -2.23. The number of hydrogen-bond donors (Lipinski definition) is 2. The minimum absolute atomic E-state index is 0.00324. The standard InChI is InChI=1S/C16H14N4O3/c1-10-3-2-4-11(7-10)16(21)17-9-15-18-13-6-5-12(20(22)23)8-14(13)19-15/h2-8H,9H2,1H3,(H,17,21)(H,18,19). The van der Waals surface area contributed by atoms with Gasteiger partial charge in [0.1, 0.15) is 5.82 Å². The molecule has 0 saturated heterocycles. The second-order valence-electron chi connectivity index (χ2n) is 5.19. The first-order chi connectivity index (χ1) is 11.0. The van der Waals surface area contributed by atoms with Crippen LogP contribution >= 0.6 is 0 Å². The summed E-state index contributed by atoms with van der Waals surface area (Å²) >= 11 is 0. The van der Waals surface area contributed by atoms with Crippen LogP contribution in [0.1, 0.15) is 21.7 Å². The number of benzene rings is 2. The van der Waals surface area contributed by atoms with Crippen molar-refractivity contribution in [3.05, 3.63) is 69.5 Å². The normalized spacial score (nSPS) is 10.7. The molecule has 0 spiro atoms. The number of imidazole rings is 1. The smallest absolute Gasteiger partial charge is 0.271 e. The third kappa shape index (κ3) is 3.18. The first-order valence-electron chi connectivity index (χ1n) is 7.01. The number of carbonyl (C=O) groups is 1. The molecule has 0 radical (unpaired) electrons. The molecule has 2 aromatic carbocycles. The summed E-state index contributed by atoms with van der Waals surface area (Å²) < 4.78 is 0. The molecule has 3 rings (SSSR count). The molecule has 0 bridgehead atoms. The Labute approximate surface area is 131 Å². The predicted molar refractivity (Wildman–Crippen MR) is 85.1 cm³/mol. The molecule has 7 heteroatoms. The zero-order chi connectivity index (χ0) is 16.4. The molecular formula is C16H14N4O3. The van der Waals surface area contributed by atoms with Gasteiger partial charge in [0.25, 0.3) is 11.6 Å². The molecule has 1 amide bonds. The van der Waals surface area contributed by atoms with Crippen LogP contribution in [-0.2, 0) is 6.54 Å². The van der Waals surface area contributed by atoms with Crippen molar-refractivity contribution >= 4 is 22.6 Å². The van der Waals surface area contributed by atoms with Gasteiger partial charge in [0.2, 0.25) is 0 Å². The maximum absolute atomic E-state index is 12.1. The zero-order valence-corrected chi connectivity index (χ0v) is 12.4. The number of fused-ring (bicyclic) bond motifs is 1. The number of non-ortho nitro benzene ring substituents is 1. The zero-order valence-electron chi connectivity index (χ0n) is 12.4. The molecule has 0 atom stereocenters.